The van der Waals surface area contributed by atoms with Gasteiger partial charge in [0, 0.05) is 17.8 Å². The van der Waals surface area contributed by atoms with Crippen molar-refractivity contribution >= 4 is 5.69 Å². The number of nitrogens with zero attached hydrogens (tertiary/aromatic N) is 1. The third-order valence-electron chi connectivity index (χ3n) is 4.91. The largest absolute Gasteiger partial charge is 0.382 e. The number of piperidine rings is 1. The molecule has 1 fully saturated rings. The maximum absolute atomic E-state index is 3.75. The summed E-state index contributed by atoms with van der Waals surface area (Å²) in [4.78, 5) is 2.73. The zero-order valence-corrected chi connectivity index (χ0v) is 13.2. The van der Waals surface area contributed by atoms with Gasteiger partial charge in [-0.05, 0) is 56.3 Å². The van der Waals surface area contributed by atoms with Crippen LogP contribution in [0.15, 0.2) is 18.2 Å². The van der Waals surface area contributed by atoms with Gasteiger partial charge in [-0.2, -0.15) is 0 Å². The average molecular weight is 272 g/mol. The van der Waals surface area contributed by atoms with Gasteiger partial charge in [-0.15, -0.1) is 0 Å². The molecule has 110 valence electrons. The molecule has 2 heterocycles. The van der Waals surface area contributed by atoms with Crippen LogP contribution in [-0.4, -0.2) is 24.0 Å². The number of hydrogen-bond donors (Lipinski definition) is 1. The van der Waals surface area contributed by atoms with Crippen LogP contribution in [0.25, 0.3) is 0 Å². The fourth-order valence-corrected chi connectivity index (χ4v) is 3.86. The summed E-state index contributed by atoms with van der Waals surface area (Å²) in [7, 11) is 0. The highest BCUT2D eigenvalue weighted by molar-refractivity contribution is 5.62. The molecule has 2 aliphatic rings. The fraction of sp³-hybridized carbons (Fsp3) is 0.667. The highest BCUT2D eigenvalue weighted by Gasteiger charge is 2.31. The summed E-state index contributed by atoms with van der Waals surface area (Å²) in [5.74, 6) is 0.588. The Morgan fingerprint density at radius 2 is 1.90 bits per heavy atom. The molecule has 0 amide bonds. The van der Waals surface area contributed by atoms with Crippen LogP contribution in [0.2, 0.25) is 0 Å². The summed E-state index contributed by atoms with van der Waals surface area (Å²) in [5, 5.41) is 3.75. The molecule has 2 unspecified atom stereocenters. The van der Waals surface area contributed by atoms with E-state index in [0.717, 1.165) is 0 Å². The third-order valence-corrected chi connectivity index (χ3v) is 4.91. The predicted octanol–water partition coefficient (Wildman–Crippen LogP) is 4.54. The van der Waals surface area contributed by atoms with E-state index < -0.39 is 0 Å². The maximum atomic E-state index is 3.75. The van der Waals surface area contributed by atoms with E-state index in [-0.39, 0.29) is 0 Å². The Kier molecular flexibility index (Phi) is 4.02. The summed E-state index contributed by atoms with van der Waals surface area (Å²) in [5.41, 5.74) is 4.45. The molecule has 2 nitrogen and oxygen atoms in total. The molecule has 1 saturated heterocycles. The molecule has 3 rings (SSSR count). The highest BCUT2D eigenvalue weighted by atomic mass is 15.2. The lowest BCUT2D eigenvalue weighted by Crippen LogP contribution is -2.39. The molecule has 20 heavy (non-hydrogen) atoms. The van der Waals surface area contributed by atoms with Crippen LogP contribution in [0.3, 0.4) is 0 Å². The first-order chi connectivity index (χ1) is 9.66. The van der Waals surface area contributed by atoms with Crippen LogP contribution in [0.4, 0.5) is 5.69 Å². The van der Waals surface area contributed by atoms with E-state index in [1.54, 1.807) is 0 Å². The molecule has 2 aliphatic heterocycles. The van der Waals surface area contributed by atoms with E-state index in [4.69, 9.17) is 0 Å². The van der Waals surface area contributed by atoms with Crippen molar-refractivity contribution < 1.29 is 0 Å². The summed E-state index contributed by atoms with van der Waals surface area (Å²) in [6, 6.07) is 8.10. The molecule has 1 aromatic carbocycles. The van der Waals surface area contributed by atoms with Crippen molar-refractivity contribution in [3.05, 3.63) is 29.3 Å². The van der Waals surface area contributed by atoms with Crippen molar-refractivity contribution in [3.8, 4) is 0 Å². The van der Waals surface area contributed by atoms with Gasteiger partial charge in [-0.25, -0.2) is 0 Å². The standard InChI is InChI=1S/C18H28N2/c1-13(2)15-8-7-9-16-17(12-14(3)19-18(15)16)20-10-5-4-6-11-20/h7-9,13-14,17,19H,4-6,10-12H2,1-3H3. The third kappa shape index (κ3) is 2.58. The molecule has 0 aromatic heterocycles. The lowest BCUT2D eigenvalue weighted by molar-refractivity contribution is 0.149. The minimum atomic E-state index is 0.578. The Morgan fingerprint density at radius 1 is 1.15 bits per heavy atom. The molecule has 0 radical (unpaired) electrons. The van der Waals surface area contributed by atoms with Crippen LogP contribution in [0.1, 0.15) is 69.5 Å². The zero-order chi connectivity index (χ0) is 14.1. The number of anilines is 1. The number of hydrogen-bond acceptors (Lipinski definition) is 2. The van der Waals surface area contributed by atoms with Crippen LogP contribution in [0.5, 0.6) is 0 Å². The van der Waals surface area contributed by atoms with Gasteiger partial charge in [0.1, 0.15) is 0 Å². The van der Waals surface area contributed by atoms with Crippen molar-refractivity contribution in [1.82, 2.24) is 4.90 Å². The summed E-state index contributed by atoms with van der Waals surface area (Å²) >= 11 is 0. The first-order valence-electron chi connectivity index (χ1n) is 8.30. The number of rotatable bonds is 2. The topological polar surface area (TPSA) is 15.3 Å². The van der Waals surface area contributed by atoms with Crippen molar-refractivity contribution in [2.24, 2.45) is 0 Å². The SMILES string of the molecule is CC1CC(N2CCCCC2)c2cccc(C(C)C)c2N1. The van der Waals surface area contributed by atoms with Crippen LogP contribution >= 0.6 is 0 Å². The van der Waals surface area contributed by atoms with E-state index in [9.17, 15) is 0 Å². The van der Waals surface area contributed by atoms with Crippen LogP contribution < -0.4 is 5.32 Å². The van der Waals surface area contributed by atoms with E-state index in [1.165, 1.54) is 55.6 Å². The molecular weight excluding hydrogens is 244 g/mol. The van der Waals surface area contributed by atoms with Gasteiger partial charge in [-0.1, -0.05) is 38.5 Å². The Hall–Kier alpha value is -1.02. The van der Waals surface area contributed by atoms with Gasteiger partial charge in [0.25, 0.3) is 0 Å². The normalized spacial score (nSPS) is 27.2. The van der Waals surface area contributed by atoms with Crippen molar-refractivity contribution in [1.29, 1.82) is 0 Å². The minimum Gasteiger partial charge on any atom is -0.382 e. The molecule has 1 N–H and O–H groups in total. The Morgan fingerprint density at radius 3 is 2.60 bits per heavy atom. The average Bonchev–Trinajstić information content (AvgIpc) is 2.46. The van der Waals surface area contributed by atoms with Gasteiger partial charge in [0.05, 0.1) is 0 Å². The second kappa shape index (κ2) is 5.77. The van der Waals surface area contributed by atoms with Crippen LogP contribution in [-0.2, 0) is 0 Å². The van der Waals surface area contributed by atoms with Gasteiger partial charge >= 0.3 is 0 Å². The Labute approximate surface area is 123 Å². The van der Waals surface area contributed by atoms with Gasteiger partial charge < -0.3 is 5.32 Å². The number of fused-ring (bicyclic) bond motifs is 1. The first kappa shape index (κ1) is 13.9. The number of benzene rings is 1. The molecule has 0 saturated carbocycles. The van der Waals surface area contributed by atoms with E-state index in [1.807, 2.05) is 0 Å². The second-order valence-electron chi connectivity index (χ2n) is 6.86. The first-order valence-corrected chi connectivity index (χ1v) is 8.30. The smallest absolute Gasteiger partial charge is 0.0426 e. The number of nitrogens with one attached hydrogen (secondary N) is 1. The predicted molar refractivity (Wildman–Crippen MR) is 86.4 cm³/mol. The number of likely N-dealkylation sites (tertiary alicyclic amines) is 1. The van der Waals surface area contributed by atoms with Gasteiger partial charge in [0.15, 0.2) is 0 Å². The Balaban J connectivity index is 1.97. The summed E-state index contributed by atoms with van der Waals surface area (Å²) < 4.78 is 0. The highest BCUT2D eigenvalue weighted by Crippen LogP contribution is 2.41. The minimum absolute atomic E-state index is 0.578. The van der Waals surface area contributed by atoms with Crippen LogP contribution in [0, 0.1) is 0 Å². The van der Waals surface area contributed by atoms with Crippen molar-refractivity contribution in [3.63, 3.8) is 0 Å². The molecule has 0 bridgehead atoms. The van der Waals surface area contributed by atoms with E-state index in [2.05, 4.69) is 49.2 Å². The molecule has 0 spiro atoms. The van der Waals surface area contributed by atoms with E-state index in [0.29, 0.717) is 18.0 Å². The molecule has 2 atom stereocenters. The monoisotopic (exact) mass is 272 g/mol. The van der Waals surface area contributed by atoms with Gasteiger partial charge in [-0.3, -0.25) is 4.90 Å². The summed E-state index contributed by atoms with van der Waals surface area (Å²) in [6.07, 6.45) is 5.40. The number of para-hydroxylation sites is 1. The quantitative estimate of drug-likeness (QED) is 0.850. The molecular formula is C18H28N2. The Bertz CT molecular complexity index is 460. The lowest BCUT2D eigenvalue weighted by atomic mass is 9.87. The summed E-state index contributed by atoms with van der Waals surface area (Å²) in [6.45, 7) is 9.49. The van der Waals surface area contributed by atoms with E-state index >= 15 is 0 Å². The maximum Gasteiger partial charge on any atom is 0.0426 e. The van der Waals surface area contributed by atoms with Gasteiger partial charge in [0.2, 0.25) is 0 Å². The molecule has 1 aromatic rings. The molecule has 0 aliphatic carbocycles. The zero-order valence-electron chi connectivity index (χ0n) is 13.2. The fourth-order valence-electron chi connectivity index (χ4n) is 3.86. The molecule has 2 heteroatoms. The second-order valence-corrected chi connectivity index (χ2v) is 6.86. The lowest BCUT2D eigenvalue weighted by Gasteiger charge is -2.41. The van der Waals surface area contributed by atoms with Crippen molar-refractivity contribution in [2.45, 2.75) is 64.5 Å². The van der Waals surface area contributed by atoms with Crippen molar-refractivity contribution in [2.75, 3.05) is 18.4 Å².